The molecule has 0 spiro atoms. The Hall–Kier alpha value is -1.81. The molecule has 1 heterocycles. The van der Waals surface area contributed by atoms with Gasteiger partial charge in [0.25, 0.3) is 0 Å². The molecule has 3 nitrogen and oxygen atoms in total. The van der Waals surface area contributed by atoms with Crippen LogP contribution in [-0.2, 0) is 4.79 Å². The summed E-state index contributed by atoms with van der Waals surface area (Å²) >= 11 is 1.37. The number of fused-ring (bicyclic) bond motifs is 2. The van der Waals surface area contributed by atoms with Crippen molar-refractivity contribution in [2.45, 2.75) is 11.3 Å². The summed E-state index contributed by atoms with van der Waals surface area (Å²) in [5, 5.41) is 0. The number of anilines is 1. The Morgan fingerprint density at radius 3 is 3.12 bits per heavy atom. The van der Waals surface area contributed by atoms with E-state index >= 15 is 0 Å². The Kier molecular flexibility index (Phi) is 2.37. The van der Waals surface area contributed by atoms with E-state index in [1.54, 1.807) is 6.21 Å². The van der Waals surface area contributed by atoms with Gasteiger partial charge in [-0.05, 0) is 18.2 Å². The van der Waals surface area contributed by atoms with Crippen molar-refractivity contribution >= 4 is 35.2 Å². The minimum absolute atomic E-state index is 0.128. The van der Waals surface area contributed by atoms with Gasteiger partial charge in [-0.2, -0.15) is 0 Å². The maximum Gasteiger partial charge on any atom is 0.167 e. The van der Waals surface area contributed by atoms with Gasteiger partial charge in [-0.1, -0.05) is 12.2 Å². The number of nitrogens with two attached hydrogens (primary N) is 1. The van der Waals surface area contributed by atoms with Gasteiger partial charge in [0.1, 0.15) is 0 Å². The van der Waals surface area contributed by atoms with Gasteiger partial charge in [0.15, 0.2) is 5.78 Å². The molecule has 84 valence electrons. The van der Waals surface area contributed by atoms with Crippen molar-refractivity contribution in [2.24, 2.45) is 4.40 Å². The van der Waals surface area contributed by atoms with E-state index in [1.807, 2.05) is 30.4 Å². The molecule has 3 rings (SSSR count). The third-order valence-corrected chi connectivity index (χ3v) is 3.55. The van der Waals surface area contributed by atoms with Crippen LogP contribution in [0.4, 0.5) is 5.69 Å². The number of rotatable bonds is 0. The predicted octanol–water partition coefficient (Wildman–Crippen LogP) is 2.64. The van der Waals surface area contributed by atoms with E-state index in [4.69, 9.17) is 5.73 Å². The molecule has 0 amide bonds. The lowest BCUT2D eigenvalue weighted by atomic mass is 9.91. The number of benzene rings is 1. The van der Waals surface area contributed by atoms with Crippen LogP contribution < -0.4 is 5.73 Å². The monoisotopic (exact) mass is 242 g/mol. The van der Waals surface area contributed by atoms with E-state index < -0.39 is 0 Å². The fraction of sp³-hybridized carbons (Fsp3) is 0.0769. The van der Waals surface area contributed by atoms with Gasteiger partial charge in [0.2, 0.25) is 0 Å². The van der Waals surface area contributed by atoms with E-state index in [0.29, 0.717) is 12.1 Å². The molecular formula is C13H10N2OS. The molecule has 2 aliphatic rings. The first-order chi connectivity index (χ1) is 8.25. The van der Waals surface area contributed by atoms with Gasteiger partial charge in [0, 0.05) is 51.9 Å². The van der Waals surface area contributed by atoms with Crippen LogP contribution in [-0.4, -0.2) is 12.0 Å². The number of nitrogens with zero attached hydrogens (tertiary/aromatic N) is 1. The van der Waals surface area contributed by atoms with Gasteiger partial charge in [-0.15, -0.1) is 0 Å². The number of nitrogen functional groups attached to an aromatic ring is 1. The van der Waals surface area contributed by atoms with Crippen LogP contribution in [0.15, 0.2) is 45.2 Å². The Morgan fingerprint density at radius 2 is 2.24 bits per heavy atom. The Morgan fingerprint density at radius 1 is 1.35 bits per heavy atom. The molecule has 1 aromatic rings. The standard InChI is InChI=1S/C13H10N2OS/c14-9-4-5-12-10(6-9)13-8(7-15-17-12)2-1-3-11(13)16/h1-2,4-7H,3,14H2. The van der Waals surface area contributed by atoms with Crippen LogP contribution in [0.3, 0.4) is 0 Å². The highest BCUT2D eigenvalue weighted by Gasteiger charge is 2.22. The molecule has 17 heavy (non-hydrogen) atoms. The first-order valence-electron chi connectivity index (χ1n) is 5.30. The maximum atomic E-state index is 12.0. The first-order valence-corrected chi connectivity index (χ1v) is 6.07. The minimum Gasteiger partial charge on any atom is -0.399 e. The summed E-state index contributed by atoms with van der Waals surface area (Å²) in [4.78, 5) is 13.0. The molecule has 0 atom stereocenters. The van der Waals surface area contributed by atoms with Crippen LogP contribution in [0.25, 0.3) is 5.57 Å². The number of carbonyl (C=O) groups excluding carboxylic acids is 1. The smallest absolute Gasteiger partial charge is 0.167 e. The van der Waals surface area contributed by atoms with E-state index in [1.165, 1.54) is 11.9 Å². The summed E-state index contributed by atoms with van der Waals surface area (Å²) in [7, 11) is 0. The zero-order valence-corrected chi connectivity index (χ0v) is 9.83. The number of hydrogen-bond donors (Lipinski definition) is 1. The van der Waals surface area contributed by atoms with Crippen LogP contribution in [0.2, 0.25) is 0 Å². The average molecular weight is 242 g/mol. The summed E-state index contributed by atoms with van der Waals surface area (Å²) in [5.74, 6) is 0.128. The molecular weight excluding hydrogens is 232 g/mol. The van der Waals surface area contributed by atoms with Crippen molar-refractivity contribution in [1.82, 2.24) is 0 Å². The van der Waals surface area contributed by atoms with Crippen molar-refractivity contribution in [1.29, 1.82) is 0 Å². The summed E-state index contributed by atoms with van der Waals surface area (Å²) < 4.78 is 4.25. The molecule has 1 aliphatic heterocycles. The lowest BCUT2D eigenvalue weighted by molar-refractivity contribution is -0.113. The SMILES string of the molecule is Nc1ccc2c(c1)C1=C(C=CCC1=O)C=NS2. The highest BCUT2D eigenvalue weighted by molar-refractivity contribution is 7.98. The number of hydrogen-bond acceptors (Lipinski definition) is 4. The number of allylic oxidation sites excluding steroid dienone is 4. The van der Waals surface area contributed by atoms with Crippen LogP contribution in [0.1, 0.15) is 12.0 Å². The predicted molar refractivity (Wildman–Crippen MR) is 70.9 cm³/mol. The molecule has 1 aromatic carbocycles. The summed E-state index contributed by atoms with van der Waals surface area (Å²) in [6.45, 7) is 0. The van der Waals surface area contributed by atoms with Gasteiger partial charge >= 0.3 is 0 Å². The summed E-state index contributed by atoms with van der Waals surface area (Å²) in [5.41, 5.74) is 8.98. The van der Waals surface area contributed by atoms with Gasteiger partial charge in [-0.25, -0.2) is 4.40 Å². The number of ketones is 1. The van der Waals surface area contributed by atoms with Crippen molar-refractivity contribution in [3.8, 4) is 0 Å². The fourth-order valence-corrected chi connectivity index (χ4v) is 2.68. The zero-order chi connectivity index (χ0) is 11.8. The Labute approximate surface area is 103 Å². The van der Waals surface area contributed by atoms with Gasteiger partial charge in [0.05, 0.1) is 0 Å². The molecule has 0 saturated heterocycles. The number of Topliss-reactive ketones (excluding diaryl/α,β-unsaturated/α-hetero) is 1. The molecule has 0 radical (unpaired) electrons. The topological polar surface area (TPSA) is 55.5 Å². The Balaban J connectivity index is 2.30. The third kappa shape index (κ3) is 1.70. The van der Waals surface area contributed by atoms with Crippen LogP contribution in [0.5, 0.6) is 0 Å². The lowest BCUT2D eigenvalue weighted by Gasteiger charge is -2.13. The lowest BCUT2D eigenvalue weighted by Crippen LogP contribution is -2.08. The molecule has 0 bridgehead atoms. The van der Waals surface area contributed by atoms with E-state index in [2.05, 4.69) is 4.40 Å². The largest absolute Gasteiger partial charge is 0.399 e. The highest BCUT2D eigenvalue weighted by Crippen LogP contribution is 2.37. The molecule has 0 aromatic heterocycles. The summed E-state index contributed by atoms with van der Waals surface area (Å²) in [6, 6.07) is 5.59. The van der Waals surface area contributed by atoms with Crippen molar-refractivity contribution in [3.63, 3.8) is 0 Å². The second-order valence-electron chi connectivity index (χ2n) is 3.94. The second-order valence-corrected chi connectivity index (χ2v) is 4.77. The van der Waals surface area contributed by atoms with Gasteiger partial charge < -0.3 is 5.73 Å². The molecule has 4 heteroatoms. The third-order valence-electron chi connectivity index (χ3n) is 2.78. The molecule has 0 saturated carbocycles. The zero-order valence-electron chi connectivity index (χ0n) is 9.01. The quantitative estimate of drug-likeness (QED) is 0.562. The maximum absolute atomic E-state index is 12.0. The van der Waals surface area contributed by atoms with Gasteiger partial charge in [-0.3, -0.25) is 4.79 Å². The Bertz CT molecular complexity index is 599. The van der Waals surface area contributed by atoms with Crippen molar-refractivity contribution < 1.29 is 4.79 Å². The van der Waals surface area contributed by atoms with E-state index in [-0.39, 0.29) is 5.78 Å². The van der Waals surface area contributed by atoms with Crippen LogP contribution in [0, 0.1) is 0 Å². The van der Waals surface area contributed by atoms with Crippen LogP contribution >= 0.6 is 11.9 Å². The second kappa shape index (κ2) is 3.89. The molecule has 1 aliphatic carbocycles. The highest BCUT2D eigenvalue weighted by atomic mass is 32.2. The number of carbonyl (C=O) groups is 1. The molecule has 0 fully saturated rings. The normalized spacial score (nSPS) is 17.8. The average Bonchev–Trinajstić information content (AvgIpc) is 2.49. The minimum atomic E-state index is 0.128. The van der Waals surface area contributed by atoms with Crippen molar-refractivity contribution in [2.75, 3.05) is 5.73 Å². The van der Waals surface area contributed by atoms with E-state index in [0.717, 1.165) is 21.6 Å². The first kappa shape index (κ1) is 10.4. The van der Waals surface area contributed by atoms with E-state index in [9.17, 15) is 4.79 Å². The fourth-order valence-electron chi connectivity index (χ4n) is 2.02. The summed E-state index contributed by atoms with van der Waals surface area (Å²) in [6.07, 6.45) is 6.00. The molecule has 0 unspecified atom stereocenters. The molecule has 2 N–H and O–H groups in total. The van der Waals surface area contributed by atoms with Crippen molar-refractivity contribution in [3.05, 3.63) is 41.5 Å².